The zero-order chi connectivity index (χ0) is 20.1. The average molecular weight is 419 g/mol. The minimum absolute atomic E-state index is 0.378. The third kappa shape index (κ3) is 4.47. The molecule has 0 aliphatic heterocycles. The van der Waals surface area contributed by atoms with Crippen molar-refractivity contribution in [2.24, 2.45) is 5.10 Å². The van der Waals surface area contributed by atoms with Crippen LogP contribution >= 0.6 is 23.2 Å². The number of methoxy groups -OCH3 is 2. The SMILES string of the molecule is COc1ccc(C(=O)N/N=C\c2ccc(-c3ccc(Cl)cc3Cl)o2)cc1OC. The highest BCUT2D eigenvalue weighted by Crippen LogP contribution is 2.31. The number of carbonyl (C=O) groups is 1. The van der Waals surface area contributed by atoms with Gasteiger partial charge in [0.05, 0.1) is 25.5 Å². The van der Waals surface area contributed by atoms with Crippen LogP contribution in [-0.2, 0) is 0 Å². The Morgan fingerprint density at radius 1 is 1.04 bits per heavy atom. The molecule has 0 atom stereocenters. The molecule has 3 aromatic rings. The zero-order valence-electron chi connectivity index (χ0n) is 15.0. The lowest BCUT2D eigenvalue weighted by molar-refractivity contribution is 0.0954. The van der Waals surface area contributed by atoms with Gasteiger partial charge in [0, 0.05) is 16.1 Å². The summed E-state index contributed by atoms with van der Waals surface area (Å²) in [7, 11) is 3.02. The number of benzene rings is 2. The van der Waals surface area contributed by atoms with E-state index in [9.17, 15) is 4.79 Å². The lowest BCUT2D eigenvalue weighted by Gasteiger charge is -2.08. The molecule has 28 heavy (non-hydrogen) atoms. The minimum atomic E-state index is -0.398. The molecule has 0 radical (unpaired) electrons. The van der Waals surface area contributed by atoms with Crippen LogP contribution in [0.2, 0.25) is 10.0 Å². The number of amides is 1. The lowest BCUT2D eigenvalue weighted by atomic mass is 10.2. The van der Waals surface area contributed by atoms with E-state index in [1.807, 2.05) is 0 Å². The summed E-state index contributed by atoms with van der Waals surface area (Å²) in [5.74, 6) is 1.61. The van der Waals surface area contributed by atoms with E-state index in [4.69, 9.17) is 37.1 Å². The number of nitrogens with zero attached hydrogens (tertiary/aromatic N) is 1. The number of furan rings is 1. The first kappa shape index (κ1) is 19.8. The first-order valence-electron chi connectivity index (χ1n) is 8.12. The number of hydrogen-bond donors (Lipinski definition) is 1. The van der Waals surface area contributed by atoms with Crippen LogP contribution in [0, 0.1) is 0 Å². The standard InChI is InChI=1S/C20H16Cl2N2O4/c1-26-18-7-3-12(9-19(18)27-2)20(25)24-23-11-14-5-8-17(28-14)15-6-4-13(21)10-16(15)22/h3-11H,1-2H3,(H,24,25)/b23-11-. The molecule has 0 spiro atoms. The molecule has 1 N–H and O–H groups in total. The van der Waals surface area contributed by atoms with Crippen LogP contribution in [-0.4, -0.2) is 26.3 Å². The molecule has 0 aliphatic rings. The monoisotopic (exact) mass is 418 g/mol. The molecule has 2 aromatic carbocycles. The average Bonchev–Trinajstić information content (AvgIpc) is 3.15. The van der Waals surface area contributed by atoms with Gasteiger partial charge in [0.15, 0.2) is 11.5 Å². The number of nitrogens with one attached hydrogen (secondary N) is 1. The fourth-order valence-corrected chi connectivity index (χ4v) is 2.95. The van der Waals surface area contributed by atoms with Gasteiger partial charge in [-0.25, -0.2) is 5.43 Å². The highest BCUT2D eigenvalue weighted by molar-refractivity contribution is 6.36. The number of hydrazone groups is 1. The first-order chi connectivity index (χ1) is 13.5. The maximum Gasteiger partial charge on any atom is 0.271 e. The van der Waals surface area contributed by atoms with Gasteiger partial charge < -0.3 is 13.9 Å². The Balaban J connectivity index is 1.68. The third-order valence-electron chi connectivity index (χ3n) is 3.83. The van der Waals surface area contributed by atoms with Crippen molar-refractivity contribution < 1.29 is 18.7 Å². The minimum Gasteiger partial charge on any atom is -0.493 e. The summed E-state index contributed by atoms with van der Waals surface area (Å²) in [6.07, 6.45) is 1.39. The topological polar surface area (TPSA) is 73.1 Å². The van der Waals surface area contributed by atoms with E-state index < -0.39 is 5.91 Å². The van der Waals surface area contributed by atoms with Crippen LogP contribution in [0.15, 0.2) is 58.0 Å². The van der Waals surface area contributed by atoms with Crippen LogP contribution in [0.4, 0.5) is 0 Å². The molecule has 8 heteroatoms. The Morgan fingerprint density at radius 2 is 1.82 bits per heavy atom. The Labute approximate surface area is 171 Å². The van der Waals surface area contributed by atoms with Crippen LogP contribution < -0.4 is 14.9 Å². The molecule has 0 saturated heterocycles. The van der Waals surface area contributed by atoms with E-state index in [-0.39, 0.29) is 0 Å². The molecule has 0 unspecified atom stereocenters. The molecule has 6 nitrogen and oxygen atoms in total. The van der Waals surface area contributed by atoms with Crippen LogP contribution in [0.25, 0.3) is 11.3 Å². The predicted molar refractivity (Wildman–Crippen MR) is 109 cm³/mol. The molecule has 1 heterocycles. The normalized spacial score (nSPS) is 10.9. The summed E-state index contributed by atoms with van der Waals surface area (Å²) in [4.78, 5) is 12.2. The van der Waals surface area contributed by atoms with Crippen LogP contribution in [0.3, 0.4) is 0 Å². The molecule has 1 aromatic heterocycles. The van der Waals surface area contributed by atoms with E-state index >= 15 is 0 Å². The molecule has 0 bridgehead atoms. The fourth-order valence-electron chi connectivity index (χ4n) is 2.45. The maximum atomic E-state index is 12.2. The number of halogens is 2. The summed E-state index contributed by atoms with van der Waals surface area (Å²) in [6, 6.07) is 13.4. The molecule has 3 rings (SSSR count). The van der Waals surface area contributed by atoms with Gasteiger partial charge in [-0.05, 0) is 48.5 Å². The number of carbonyl (C=O) groups excluding carboxylic acids is 1. The smallest absolute Gasteiger partial charge is 0.271 e. The van der Waals surface area contributed by atoms with Crippen molar-refractivity contribution in [1.29, 1.82) is 0 Å². The largest absolute Gasteiger partial charge is 0.493 e. The first-order valence-corrected chi connectivity index (χ1v) is 8.88. The molecule has 1 amide bonds. The van der Waals surface area contributed by atoms with Crippen molar-refractivity contribution in [2.45, 2.75) is 0 Å². The van der Waals surface area contributed by atoms with Gasteiger partial charge >= 0.3 is 0 Å². The molecule has 0 fully saturated rings. The highest BCUT2D eigenvalue weighted by atomic mass is 35.5. The fraction of sp³-hybridized carbons (Fsp3) is 0.100. The van der Waals surface area contributed by atoms with Crippen molar-refractivity contribution in [3.8, 4) is 22.8 Å². The quantitative estimate of drug-likeness (QED) is 0.449. The second-order valence-electron chi connectivity index (χ2n) is 5.60. The molecule has 0 aliphatic carbocycles. The Hall–Kier alpha value is -2.96. The summed E-state index contributed by atoms with van der Waals surface area (Å²) >= 11 is 12.1. The van der Waals surface area contributed by atoms with Gasteiger partial charge in [0.2, 0.25) is 0 Å². The molecular formula is C20H16Cl2N2O4. The van der Waals surface area contributed by atoms with Crippen molar-refractivity contribution >= 4 is 35.3 Å². The molecule has 0 saturated carbocycles. The van der Waals surface area contributed by atoms with Gasteiger partial charge in [0.25, 0.3) is 5.91 Å². The van der Waals surface area contributed by atoms with Gasteiger partial charge in [-0.2, -0.15) is 5.10 Å². The summed E-state index contributed by atoms with van der Waals surface area (Å²) in [5.41, 5.74) is 3.52. The third-order valence-corrected chi connectivity index (χ3v) is 4.37. The van der Waals surface area contributed by atoms with Crippen LogP contribution in [0.5, 0.6) is 11.5 Å². The van der Waals surface area contributed by atoms with E-state index in [2.05, 4.69) is 10.5 Å². The van der Waals surface area contributed by atoms with Gasteiger partial charge in [-0.3, -0.25) is 4.79 Å². The van der Waals surface area contributed by atoms with Crippen molar-refractivity contribution in [2.75, 3.05) is 14.2 Å². The Morgan fingerprint density at radius 3 is 2.54 bits per heavy atom. The van der Waals surface area contributed by atoms with Gasteiger partial charge in [0.1, 0.15) is 11.5 Å². The molecular weight excluding hydrogens is 403 g/mol. The highest BCUT2D eigenvalue weighted by Gasteiger charge is 2.11. The number of hydrogen-bond acceptors (Lipinski definition) is 5. The predicted octanol–water partition coefficient (Wildman–Crippen LogP) is 5.03. The van der Waals surface area contributed by atoms with Gasteiger partial charge in [-0.15, -0.1) is 0 Å². The van der Waals surface area contributed by atoms with Crippen molar-refractivity contribution in [3.05, 3.63) is 69.9 Å². The second-order valence-corrected chi connectivity index (χ2v) is 6.44. The van der Waals surface area contributed by atoms with Gasteiger partial charge in [-0.1, -0.05) is 23.2 Å². The van der Waals surface area contributed by atoms with Crippen LogP contribution in [0.1, 0.15) is 16.1 Å². The summed E-state index contributed by atoms with van der Waals surface area (Å²) < 4.78 is 16.0. The number of rotatable bonds is 6. The van der Waals surface area contributed by atoms with Crippen molar-refractivity contribution in [3.63, 3.8) is 0 Å². The summed E-state index contributed by atoms with van der Waals surface area (Å²) in [6.45, 7) is 0. The Kier molecular flexibility index (Phi) is 6.23. The van der Waals surface area contributed by atoms with E-state index in [1.165, 1.54) is 20.4 Å². The van der Waals surface area contributed by atoms with E-state index in [0.717, 1.165) is 0 Å². The number of ether oxygens (including phenoxy) is 2. The summed E-state index contributed by atoms with van der Waals surface area (Å²) in [5, 5.41) is 4.94. The van der Waals surface area contributed by atoms with E-state index in [1.54, 1.807) is 48.5 Å². The lowest BCUT2D eigenvalue weighted by Crippen LogP contribution is -2.17. The Bertz CT molecular complexity index is 1030. The molecule has 144 valence electrons. The maximum absolute atomic E-state index is 12.2. The zero-order valence-corrected chi connectivity index (χ0v) is 16.5. The second kappa shape index (κ2) is 8.82. The van der Waals surface area contributed by atoms with E-state index in [0.29, 0.717) is 44.2 Å². The van der Waals surface area contributed by atoms with Crippen molar-refractivity contribution in [1.82, 2.24) is 5.43 Å².